The van der Waals surface area contributed by atoms with E-state index in [1.54, 1.807) is 11.8 Å². The lowest BCUT2D eigenvalue weighted by Crippen LogP contribution is -2.32. The maximum absolute atomic E-state index is 5.41. The first-order valence-electron chi connectivity index (χ1n) is 6.77. The van der Waals surface area contributed by atoms with Crippen LogP contribution in [0.2, 0.25) is 0 Å². The summed E-state index contributed by atoms with van der Waals surface area (Å²) in [6.07, 6.45) is 0. The van der Waals surface area contributed by atoms with Crippen molar-refractivity contribution >= 4 is 11.3 Å². The average molecular weight is 293 g/mol. The third-order valence-electron chi connectivity index (χ3n) is 3.54. The molecule has 0 radical (unpaired) electrons. The first kappa shape index (κ1) is 15.1. The summed E-state index contributed by atoms with van der Waals surface area (Å²) in [5.74, 6) is 0.837. The van der Waals surface area contributed by atoms with Crippen LogP contribution in [0.4, 0.5) is 0 Å². The molecule has 2 rings (SSSR count). The van der Waals surface area contributed by atoms with Crippen molar-refractivity contribution in [3.05, 3.63) is 33.6 Å². The third-order valence-corrected chi connectivity index (χ3v) is 4.77. The number of nitrogens with one attached hydrogen (secondary N) is 1. The van der Waals surface area contributed by atoms with Crippen molar-refractivity contribution < 1.29 is 4.74 Å². The molecule has 2 aromatic rings. The molecule has 20 heavy (non-hydrogen) atoms. The lowest BCUT2D eigenvalue weighted by Gasteiger charge is -2.23. The van der Waals surface area contributed by atoms with Gasteiger partial charge in [-0.1, -0.05) is 19.9 Å². The molecule has 1 N–H and O–H groups in total. The van der Waals surface area contributed by atoms with Crippen molar-refractivity contribution in [2.75, 3.05) is 13.7 Å². The molecule has 110 valence electrons. The highest BCUT2D eigenvalue weighted by molar-refractivity contribution is 7.10. The number of ether oxygens (including phenoxy) is 1. The second-order valence-corrected chi connectivity index (χ2v) is 6.61. The van der Waals surface area contributed by atoms with Crippen LogP contribution >= 0.6 is 11.3 Å². The maximum atomic E-state index is 5.41. The molecule has 0 amide bonds. The van der Waals surface area contributed by atoms with Gasteiger partial charge < -0.3 is 10.1 Å². The van der Waals surface area contributed by atoms with Crippen molar-refractivity contribution in [3.63, 3.8) is 0 Å². The number of rotatable bonds is 6. The van der Waals surface area contributed by atoms with E-state index in [4.69, 9.17) is 4.74 Å². The quantitative estimate of drug-likeness (QED) is 0.890. The third kappa shape index (κ3) is 3.04. The van der Waals surface area contributed by atoms with Gasteiger partial charge in [-0.25, -0.2) is 4.68 Å². The van der Waals surface area contributed by atoms with Gasteiger partial charge in [-0.15, -0.1) is 11.3 Å². The molecule has 0 aliphatic carbocycles. The number of aryl methyl sites for hydroxylation is 2. The Morgan fingerprint density at radius 3 is 2.80 bits per heavy atom. The minimum atomic E-state index is 0.136. The maximum Gasteiger partial charge on any atom is 0.216 e. The summed E-state index contributed by atoms with van der Waals surface area (Å²) < 4.78 is 7.20. The molecule has 0 aliphatic heterocycles. The van der Waals surface area contributed by atoms with Crippen LogP contribution in [-0.2, 0) is 19.0 Å². The van der Waals surface area contributed by atoms with Crippen LogP contribution in [-0.4, -0.2) is 23.4 Å². The second kappa shape index (κ2) is 5.97. The Morgan fingerprint density at radius 1 is 1.45 bits per heavy atom. The molecule has 0 aromatic carbocycles. The predicted octanol–water partition coefficient (Wildman–Crippen LogP) is 2.87. The van der Waals surface area contributed by atoms with Gasteiger partial charge in [-0.05, 0) is 18.4 Å². The van der Waals surface area contributed by atoms with Gasteiger partial charge in [0, 0.05) is 30.4 Å². The second-order valence-electron chi connectivity index (χ2n) is 5.66. The number of hydrogen-bond donors (Lipinski definition) is 1. The highest BCUT2D eigenvalue weighted by atomic mass is 32.1. The normalized spacial score (nSPS) is 11.8. The fraction of sp³-hybridized carbons (Fsp3) is 0.533. The Balaban J connectivity index is 2.00. The van der Waals surface area contributed by atoms with E-state index in [0.717, 1.165) is 30.2 Å². The van der Waals surface area contributed by atoms with Crippen LogP contribution in [0.5, 0.6) is 5.88 Å². The number of hydrogen-bond acceptors (Lipinski definition) is 4. The number of thiophene rings is 1. The van der Waals surface area contributed by atoms with E-state index >= 15 is 0 Å². The fourth-order valence-electron chi connectivity index (χ4n) is 2.39. The lowest BCUT2D eigenvalue weighted by molar-refractivity contribution is 0.366. The summed E-state index contributed by atoms with van der Waals surface area (Å²) in [7, 11) is 3.60. The van der Waals surface area contributed by atoms with E-state index in [1.165, 1.54) is 4.88 Å². The van der Waals surface area contributed by atoms with Crippen LogP contribution in [0.3, 0.4) is 0 Å². The van der Waals surface area contributed by atoms with Crippen LogP contribution in [0.25, 0.3) is 0 Å². The lowest BCUT2D eigenvalue weighted by atomic mass is 9.91. The molecule has 0 fully saturated rings. The molecule has 0 atom stereocenters. The SMILES string of the molecule is COc1c(CNCC(C)(C)c2cccs2)c(C)nn1C. The molecular formula is C15H23N3OS. The summed E-state index contributed by atoms with van der Waals surface area (Å²) in [6, 6.07) is 4.30. The predicted molar refractivity (Wildman–Crippen MR) is 83.5 cm³/mol. The van der Waals surface area contributed by atoms with Crippen molar-refractivity contribution in [3.8, 4) is 5.88 Å². The summed E-state index contributed by atoms with van der Waals surface area (Å²) in [5.41, 5.74) is 2.29. The fourth-order valence-corrected chi connectivity index (χ4v) is 3.24. The first-order chi connectivity index (χ1) is 9.45. The van der Waals surface area contributed by atoms with E-state index in [2.05, 4.69) is 41.8 Å². The van der Waals surface area contributed by atoms with Gasteiger partial charge in [0.25, 0.3) is 0 Å². The monoisotopic (exact) mass is 293 g/mol. The summed E-state index contributed by atoms with van der Waals surface area (Å²) in [6.45, 7) is 8.24. The highest BCUT2D eigenvalue weighted by Crippen LogP contribution is 2.27. The van der Waals surface area contributed by atoms with Crippen LogP contribution in [0.1, 0.15) is 30.0 Å². The van der Waals surface area contributed by atoms with Crippen molar-refractivity contribution in [1.29, 1.82) is 0 Å². The number of aromatic nitrogens is 2. The van der Waals surface area contributed by atoms with E-state index in [-0.39, 0.29) is 5.41 Å². The van der Waals surface area contributed by atoms with Gasteiger partial charge in [0.2, 0.25) is 5.88 Å². The van der Waals surface area contributed by atoms with Gasteiger partial charge in [0.05, 0.1) is 18.4 Å². The zero-order valence-electron chi connectivity index (χ0n) is 12.9. The Hall–Kier alpha value is -1.33. The zero-order chi connectivity index (χ0) is 14.8. The molecular weight excluding hydrogens is 270 g/mol. The number of methoxy groups -OCH3 is 1. The molecule has 0 bridgehead atoms. The summed E-state index contributed by atoms with van der Waals surface area (Å²) in [5, 5.41) is 10.1. The van der Waals surface area contributed by atoms with Crippen molar-refractivity contribution in [2.45, 2.75) is 32.7 Å². The molecule has 0 saturated heterocycles. The molecule has 5 heteroatoms. The zero-order valence-corrected chi connectivity index (χ0v) is 13.7. The molecule has 0 spiro atoms. The van der Waals surface area contributed by atoms with Crippen LogP contribution < -0.4 is 10.1 Å². The Kier molecular flexibility index (Phi) is 4.50. The standard InChI is InChI=1S/C15H23N3OS/c1-11-12(14(19-5)18(4)17-11)9-16-10-15(2,3)13-7-6-8-20-13/h6-8,16H,9-10H2,1-5H3. The largest absolute Gasteiger partial charge is 0.481 e. The summed E-state index contributed by atoms with van der Waals surface area (Å²) >= 11 is 1.81. The first-order valence-corrected chi connectivity index (χ1v) is 7.65. The van der Waals surface area contributed by atoms with Crippen molar-refractivity contribution in [1.82, 2.24) is 15.1 Å². The molecule has 0 unspecified atom stereocenters. The Bertz CT molecular complexity index is 558. The molecule has 0 saturated carbocycles. The van der Waals surface area contributed by atoms with Crippen LogP contribution in [0.15, 0.2) is 17.5 Å². The highest BCUT2D eigenvalue weighted by Gasteiger charge is 2.22. The van der Waals surface area contributed by atoms with E-state index < -0.39 is 0 Å². The molecule has 2 heterocycles. The van der Waals surface area contributed by atoms with E-state index in [0.29, 0.717) is 0 Å². The van der Waals surface area contributed by atoms with E-state index in [9.17, 15) is 0 Å². The van der Waals surface area contributed by atoms with Gasteiger partial charge in [0.1, 0.15) is 0 Å². The van der Waals surface area contributed by atoms with Gasteiger partial charge in [-0.2, -0.15) is 5.10 Å². The average Bonchev–Trinajstić information content (AvgIpc) is 2.99. The minimum absolute atomic E-state index is 0.136. The Morgan fingerprint density at radius 2 is 2.20 bits per heavy atom. The molecule has 0 aliphatic rings. The topological polar surface area (TPSA) is 39.1 Å². The van der Waals surface area contributed by atoms with Gasteiger partial charge >= 0.3 is 0 Å². The molecule has 2 aromatic heterocycles. The smallest absolute Gasteiger partial charge is 0.216 e. The number of nitrogens with zero attached hydrogens (tertiary/aromatic N) is 2. The minimum Gasteiger partial charge on any atom is -0.481 e. The van der Waals surface area contributed by atoms with E-state index in [1.807, 2.05) is 25.3 Å². The van der Waals surface area contributed by atoms with Crippen LogP contribution in [0, 0.1) is 6.92 Å². The summed E-state index contributed by atoms with van der Waals surface area (Å²) in [4.78, 5) is 1.40. The van der Waals surface area contributed by atoms with Crippen molar-refractivity contribution in [2.24, 2.45) is 7.05 Å². The van der Waals surface area contributed by atoms with Gasteiger partial charge in [-0.3, -0.25) is 0 Å². The molecule has 4 nitrogen and oxygen atoms in total. The Labute approximate surface area is 124 Å². The van der Waals surface area contributed by atoms with Gasteiger partial charge in [0.15, 0.2) is 0 Å².